The van der Waals surface area contributed by atoms with E-state index in [1.807, 2.05) is 36.9 Å². The quantitative estimate of drug-likeness (QED) is 0.906. The zero-order valence-electron chi connectivity index (χ0n) is 13.3. The molecule has 0 saturated carbocycles. The molecule has 1 fully saturated rings. The number of piperidine rings is 1. The second-order valence-electron chi connectivity index (χ2n) is 5.51. The molecule has 0 atom stereocenters. The van der Waals surface area contributed by atoms with Crippen molar-refractivity contribution in [1.82, 2.24) is 4.90 Å². The van der Waals surface area contributed by atoms with E-state index in [1.54, 1.807) is 0 Å². The fourth-order valence-electron chi connectivity index (χ4n) is 2.83. The highest BCUT2D eigenvalue weighted by molar-refractivity contribution is 5.95. The van der Waals surface area contributed by atoms with E-state index in [0.717, 1.165) is 55.9 Å². The van der Waals surface area contributed by atoms with Gasteiger partial charge in [-0.15, -0.1) is 0 Å². The van der Waals surface area contributed by atoms with Gasteiger partial charge in [0.25, 0.3) is 5.91 Å². The molecule has 1 N–H and O–H groups in total. The average molecular weight is 290 g/mol. The Labute approximate surface area is 127 Å². The van der Waals surface area contributed by atoms with E-state index in [4.69, 9.17) is 4.74 Å². The Balaban J connectivity index is 1.99. The summed E-state index contributed by atoms with van der Waals surface area (Å²) in [7, 11) is 0. The Morgan fingerprint density at radius 3 is 2.62 bits per heavy atom. The number of nitrogens with zero attached hydrogens (tertiary/aromatic N) is 1. The van der Waals surface area contributed by atoms with Gasteiger partial charge < -0.3 is 15.0 Å². The Bertz CT molecular complexity index is 480. The molecule has 1 aliphatic heterocycles. The van der Waals surface area contributed by atoms with E-state index >= 15 is 0 Å². The molecule has 0 aromatic heterocycles. The van der Waals surface area contributed by atoms with Crippen LogP contribution in [0.4, 0.5) is 5.69 Å². The first-order valence-corrected chi connectivity index (χ1v) is 7.91. The number of carbonyl (C=O) groups is 1. The molecule has 1 aromatic carbocycles. The molecule has 1 saturated heterocycles. The number of carbonyl (C=O) groups excluding carboxylic acids is 1. The van der Waals surface area contributed by atoms with Crippen molar-refractivity contribution >= 4 is 11.6 Å². The number of ether oxygens (including phenoxy) is 1. The first-order valence-electron chi connectivity index (χ1n) is 7.91. The number of amides is 1. The molecular formula is C17H26N2O2. The molecule has 1 heterocycles. The first-order chi connectivity index (χ1) is 10.2. The Morgan fingerprint density at radius 1 is 1.33 bits per heavy atom. The van der Waals surface area contributed by atoms with Gasteiger partial charge in [0.2, 0.25) is 0 Å². The molecule has 21 heavy (non-hydrogen) atoms. The Kier molecular flexibility index (Phi) is 5.62. The summed E-state index contributed by atoms with van der Waals surface area (Å²) in [5, 5.41) is 3.30. The molecule has 1 aliphatic rings. The maximum absolute atomic E-state index is 12.6. The zero-order valence-corrected chi connectivity index (χ0v) is 13.3. The lowest BCUT2D eigenvalue weighted by Crippen LogP contribution is -2.40. The summed E-state index contributed by atoms with van der Waals surface area (Å²) in [5.41, 5.74) is 3.00. The molecule has 2 rings (SSSR count). The lowest BCUT2D eigenvalue weighted by atomic mass is 10.0. The van der Waals surface area contributed by atoms with E-state index in [9.17, 15) is 4.79 Å². The van der Waals surface area contributed by atoms with E-state index in [0.29, 0.717) is 6.10 Å². The third-order valence-electron chi connectivity index (χ3n) is 3.97. The number of aryl methyl sites for hydroxylation is 1. The van der Waals surface area contributed by atoms with Gasteiger partial charge in [-0.1, -0.05) is 0 Å². The van der Waals surface area contributed by atoms with Crippen LogP contribution >= 0.6 is 0 Å². The van der Waals surface area contributed by atoms with Gasteiger partial charge in [0.1, 0.15) is 0 Å². The molecule has 0 aliphatic carbocycles. The number of hydrogen-bond acceptors (Lipinski definition) is 3. The predicted molar refractivity (Wildman–Crippen MR) is 85.9 cm³/mol. The molecule has 116 valence electrons. The summed E-state index contributed by atoms with van der Waals surface area (Å²) in [6.07, 6.45) is 2.19. The van der Waals surface area contributed by atoms with Gasteiger partial charge in [-0.2, -0.15) is 0 Å². The van der Waals surface area contributed by atoms with Gasteiger partial charge in [-0.05, 0) is 57.4 Å². The highest BCUT2D eigenvalue weighted by atomic mass is 16.5. The van der Waals surface area contributed by atoms with Gasteiger partial charge in [0, 0.05) is 37.5 Å². The smallest absolute Gasteiger partial charge is 0.253 e. The third kappa shape index (κ3) is 3.97. The average Bonchev–Trinajstić information content (AvgIpc) is 2.50. The van der Waals surface area contributed by atoms with E-state index in [2.05, 4.69) is 12.2 Å². The second kappa shape index (κ2) is 7.46. The normalized spacial score (nSPS) is 16.0. The van der Waals surface area contributed by atoms with Crippen LogP contribution in [0.5, 0.6) is 0 Å². The summed E-state index contributed by atoms with van der Waals surface area (Å²) < 4.78 is 5.63. The topological polar surface area (TPSA) is 41.6 Å². The summed E-state index contributed by atoms with van der Waals surface area (Å²) in [4.78, 5) is 14.5. The molecule has 4 nitrogen and oxygen atoms in total. The maximum Gasteiger partial charge on any atom is 0.253 e. The highest BCUT2D eigenvalue weighted by Gasteiger charge is 2.23. The van der Waals surface area contributed by atoms with E-state index in [1.165, 1.54) is 0 Å². The number of nitrogens with one attached hydrogen (secondary N) is 1. The highest BCUT2D eigenvalue weighted by Crippen LogP contribution is 2.20. The van der Waals surface area contributed by atoms with Crippen LogP contribution in [0.3, 0.4) is 0 Å². The largest absolute Gasteiger partial charge is 0.385 e. The van der Waals surface area contributed by atoms with Crippen molar-refractivity contribution in [2.24, 2.45) is 0 Å². The maximum atomic E-state index is 12.6. The summed E-state index contributed by atoms with van der Waals surface area (Å²) in [5.74, 6) is 0.135. The van der Waals surface area contributed by atoms with Gasteiger partial charge in [-0.3, -0.25) is 4.79 Å². The SMILES string of the molecule is CCNc1ccc(C(=O)N2CCC(OCC)CC2)cc1C. The lowest BCUT2D eigenvalue weighted by Gasteiger charge is -2.32. The number of likely N-dealkylation sites (tertiary alicyclic amines) is 1. The van der Waals surface area contributed by atoms with Crippen molar-refractivity contribution < 1.29 is 9.53 Å². The van der Waals surface area contributed by atoms with Crippen LogP contribution in [0.15, 0.2) is 18.2 Å². The number of benzene rings is 1. The molecule has 0 bridgehead atoms. The van der Waals surface area contributed by atoms with Crippen molar-refractivity contribution in [2.75, 3.05) is 31.6 Å². The number of hydrogen-bond donors (Lipinski definition) is 1. The summed E-state index contributed by atoms with van der Waals surface area (Å²) in [6, 6.07) is 5.90. The van der Waals surface area contributed by atoms with Crippen LogP contribution in [0.25, 0.3) is 0 Å². The van der Waals surface area contributed by atoms with E-state index < -0.39 is 0 Å². The lowest BCUT2D eigenvalue weighted by molar-refractivity contribution is 0.0146. The number of rotatable bonds is 5. The predicted octanol–water partition coefficient (Wildman–Crippen LogP) is 3.07. The molecule has 0 radical (unpaired) electrons. The van der Waals surface area contributed by atoms with Gasteiger partial charge in [0.05, 0.1) is 6.10 Å². The molecule has 1 aromatic rings. The van der Waals surface area contributed by atoms with Crippen LogP contribution < -0.4 is 5.32 Å². The summed E-state index contributed by atoms with van der Waals surface area (Å²) >= 11 is 0. The molecule has 0 spiro atoms. The van der Waals surface area contributed by atoms with Crippen LogP contribution in [0.1, 0.15) is 42.6 Å². The minimum atomic E-state index is 0.135. The fraction of sp³-hybridized carbons (Fsp3) is 0.588. The molecule has 0 unspecified atom stereocenters. The van der Waals surface area contributed by atoms with Crippen LogP contribution in [0, 0.1) is 6.92 Å². The fourth-order valence-corrected chi connectivity index (χ4v) is 2.83. The van der Waals surface area contributed by atoms with Crippen LogP contribution in [0.2, 0.25) is 0 Å². The molecule has 1 amide bonds. The number of anilines is 1. The second-order valence-corrected chi connectivity index (χ2v) is 5.51. The monoisotopic (exact) mass is 290 g/mol. The Morgan fingerprint density at radius 2 is 2.05 bits per heavy atom. The first kappa shape index (κ1) is 15.8. The van der Waals surface area contributed by atoms with Gasteiger partial charge in [-0.25, -0.2) is 0 Å². The van der Waals surface area contributed by atoms with Crippen molar-refractivity contribution in [3.63, 3.8) is 0 Å². The third-order valence-corrected chi connectivity index (χ3v) is 3.97. The molecular weight excluding hydrogens is 264 g/mol. The van der Waals surface area contributed by atoms with Crippen molar-refractivity contribution in [1.29, 1.82) is 0 Å². The van der Waals surface area contributed by atoms with E-state index in [-0.39, 0.29) is 5.91 Å². The summed E-state index contributed by atoms with van der Waals surface area (Å²) in [6.45, 7) is 9.35. The van der Waals surface area contributed by atoms with Crippen LogP contribution in [-0.4, -0.2) is 43.2 Å². The van der Waals surface area contributed by atoms with Gasteiger partial charge in [0.15, 0.2) is 0 Å². The molecule has 4 heteroatoms. The van der Waals surface area contributed by atoms with Gasteiger partial charge >= 0.3 is 0 Å². The van der Waals surface area contributed by atoms with Crippen molar-refractivity contribution in [3.05, 3.63) is 29.3 Å². The zero-order chi connectivity index (χ0) is 15.2. The Hall–Kier alpha value is -1.55. The minimum Gasteiger partial charge on any atom is -0.385 e. The standard InChI is InChI=1S/C17H26N2O2/c1-4-18-16-7-6-14(12-13(16)3)17(20)19-10-8-15(9-11-19)21-5-2/h6-7,12,15,18H,4-5,8-11H2,1-3H3. The van der Waals surface area contributed by atoms with Crippen molar-refractivity contribution in [3.8, 4) is 0 Å². The van der Waals surface area contributed by atoms with Crippen LogP contribution in [-0.2, 0) is 4.74 Å². The van der Waals surface area contributed by atoms with Crippen molar-refractivity contribution in [2.45, 2.75) is 39.7 Å². The minimum absolute atomic E-state index is 0.135.